The molecule has 6 heteroatoms. The lowest BCUT2D eigenvalue weighted by molar-refractivity contribution is 0.0590. The average Bonchev–Trinajstić information content (AvgIpc) is 2.39. The summed E-state index contributed by atoms with van der Waals surface area (Å²) in [6.07, 6.45) is 1.50. The van der Waals surface area contributed by atoms with Gasteiger partial charge in [0.2, 0.25) is 11.1 Å². The summed E-state index contributed by atoms with van der Waals surface area (Å²) in [6, 6.07) is 8.58. The number of halogens is 1. The fourth-order valence-electron chi connectivity index (χ4n) is 1.38. The van der Waals surface area contributed by atoms with Crippen molar-refractivity contribution in [2.75, 3.05) is 7.11 Å². The third-order valence-electron chi connectivity index (χ3n) is 2.28. The Hall–Kier alpha value is -1.95. The first-order chi connectivity index (χ1) is 8.61. The third kappa shape index (κ3) is 2.48. The number of benzene rings is 1. The summed E-state index contributed by atoms with van der Waals surface area (Å²) in [5, 5.41) is 3.96. The molecular weight excluding hydrogens is 300 g/mol. The van der Waals surface area contributed by atoms with E-state index >= 15 is 0 Å². The van der Waals surface area contributed by atoms with Crippen LogP contribution in [0.3, 0.4) is 0 Å². The molecule has 1 aromatic carbocycles. The van der Waals surface area contributed by atoms with Gasteiger partial charge in [-0.3, -0.25) is 4.79 Å². The lowest BCUT2D eigenvalue weighted by Gasteiger charge is -2.06. The van der Waals surface area contributed by atoms with Gasteiger partial charge in [-0.25, -0.2) is 9.48 Å². The van der Waals surface area contributed by atoms with E-state index in [4.69, 9.17) is 0 Å². The number of methoxy groups -OCH3 is 1. The molecule has 92 valence electrons. The first-order valence-electron chi connectivity index (χ1n) is 5.06. The first-order valence-corrected chi connectivity index (χ1v) is 5.85. The molecule has 0 spiro atoms. The van der Waals surface area contributed by atoms with Gasteiger partial charge >= 0.3 is 5.97 Å². The molecule has 1 aromatic heterocycles. The summed E-state index contributed by atoms with van der Waals surface area (Å²) in [7, 11) is 1.21. The van der Waals surface area contributed by atoms with Gasteiger partial charge < -0.3 is 4.74 Å². The highest BCUT2D eigenvalue weighted by atomic mass is 79.9. The van der Waals surface area contributed by atoms with Crippen molar-refractivity contribution in [2.24, 2.45) is 0 Å². The summed E-state index contributed by atoms with van der Waals surface area (Å²) in [6.45, 7) is 0. The van der Waals surface area contributed by atoms with Gasteiger partial charge in [-0.1, -0.05) is 15.9 Å². The second kappa shape index (κ2) is 5.14. The minimum absolute atomic E-state index is 0.233. The Morgan fingerprint density at radius 1 is 1.28 bits per heavy atom. The van der Waals surface area contributed by atoms with Crippen molar-refractivity contribution in [3.63, 3.8) is 0 Å². The van der Waals surface area contributed by atoms with Crippen LogP contribution in [0.5, 0.6) is 0 Å². The zero-order valence-corrected chi connectivity index (χ0v) is 11.0. The molecule has 0 amide bonds. The van der Waals surface area contributed by atoms with E-state index < -0.39 is 11.4 Å². The van der Waals surface area contributed by atoms with Crippen molar-refractivity contribution in [3.05, 3.63) is 56.9 Å². The summed E-state index contributed by atoms with van der Waals surface area (Å²) in [5.41, 5.74) is 0.0430. The maximum atomic E-state index is 11.5. The van der Waals surface area contributed by atoms with Crippen molar-refractivity contribution >= 4 is 21.9 Å². The molecule has 0 atom stereocenters. The van der Waals surface area contributed by atoms with Crippen molar-refractivity contribution in [3.8, 4) is 5.69 Å². The van der Waals surface area contributed by atoms with Crippen LogP contribution in [0.1, 0.15) is 10.5 Å². The molecule has 0 saturated heterocycles. The van der Waals surface area contributed by atoms with E-state index in [1.807, 2.05) is 24.3 Å². The van der Waals surface area contributed by atoms with Gasteiger partial charge in [0.25, 0.3) is 0 Å². The molecule has 18 heavy (non-hydrogen) atoms. The lowest BCUT2D eigenvalue weighted by Crippen LogP contribution is -2.21. The van der Waals surface area contributed by atoms with Gasteiger partial charge in [0.1, 0.15) is 0 Å². The minimum Gasteiger partial charge on any atom is -0.464 e. The Bertz CT molecular complexity index is 635. The van der Waals surface area contributed by atoms with E-state index in [9.17, 15) is 9.59 Å². The number of carbonyl (C=O) groups is 1. The fourth-order valence-corrected chi connectivity index (χ4v) is 1.65. The molecule has 0 N–H and O–H groups in total. The van der Waals surface area contributed by atoms with E-state index in [1.165, 1.54) is 24.1 Å². The Kier molecular flexibility index (Phi) is 3.57. The largest absolute Gasteiger partial charge is 0.464 e. The second-order valence-electron chi connectivity index (χ2n) is 3.44. The number of aromatic nitrogens is 2. The SMILES string of the molecule is COC(=O)c1nn(-c2ccc(Br)cc2)ccc1=O. The highest BCUT2D eigenvalue weighted by molar-refractivity contribution is 9.10. The molecule has 0 aliphatic rings. The molecule has 0 saturated carbocycles. The predicted molar refractivity (Wildman–Crippen MR) is 68.9 cm³/mol. The summed E-state index contributed by atoms with van der Waals surface area (Å²) >= 11 is 3.32. The van der Waals surface area contributed by atoms with Crippen LogP contribution in [0.25, 0.3) is 5.69 Å². The Balaban J connectivity index is 2.50. The van der Waals surface area contributed by atoms with Gasteiger partial charge in [-0.15, -0.1) is 0 Å². The van der Waals surface area contributed by atoms with Crippen molar-refractivity contribution in [1.82, 2.24) is 9.78 Å². The normalized spacial score (nSPS) is 10.1. The molecule has 0 bridgehead atoms. The Morgan fingerprint density at radius 2 is 1.94 bits per heavy atom. The van der Waals surface area contributed by atoms with Gasteiger partial charge in [-0.2, -0.15) is 5.10 Å². The zero-order valence-electron chi connectivity index (χ0n) is 9.46. The van der Waals surface area contributed by atoms with Crippen LogP contribution in [0.4, 0.5) is 0 Å². The zero-order chi connectivity index (χ0) is 13.1. The number of esters is 1. The van der Waals surface area contributed by atoms with Crippen LogP contribution in [-0.4, -0.2) is 22.9 Å². The minimum atomic E-state index is -0.744. The average molecular weight is 309 g/mol. The van der Waals surface area contributed by atoms with Gasteiger partial charge in [0, 0.05) is 16.7 Å². The number of hydrogen-bond donors (Lipinski definition) is 0. The van der Waals surface area contributed by atoms with Crippen LogP contribution in [-0.2, 0) is 4.74 Å². The molecular formula is C12H9BrN2O3. The smallest absolute Gasteiger partial charge is 0.362 e. The van der Waals surface area contributed by atoms with Gasteiger partial charge in [-0.05, 0) is 24.3 Å². The van der Waals surface area contributed by atoms with Crippen molar-refractivity contribution in [2.45, 2.75) is 0 Å². The van der Waals surface area contributed by atoms with Crippen LogP contribution in [0, 0.1) is 0 Å². The van der Waals surface area contributed by atoms with Gasteiger partial charge in [0.05, 0.1) is 12.8 Å². The molecule has 0 unspecified atom stereocenters. The molecule has 5 nitrogen and oxygen atoms in total. The second-order valence-corrected chi connectivity index (χ2v) is 4.36. The van der Waals surface area contributed by atoms with E-state index in [2.05, 4.69) is 25.8 Å². The standard InChI is InChI=1S/C12H9BrN2O3/c1-18-12(17)11-10(16)6-7-15(14-11)9-4-2-8(13)3-5-9/h2-7H,1H3. The van der Waals surface area contributed by atoms with E-state index in [0.717, 1.165) is 10.2 Å². The molecule has 1 heterocycles. The molecule has 2 aromatic rings. The number of rotatable bonds is 2. The van der Waals surface area contributed by atoms with E-state index in [-0.39, 0.29) is 5.69 Å². The van der Waals surface area contributed by atoms with Crippen LogP contribution in [0.2, 0.25) is 0 Å². The predicted octanol–water partition coefficient (Wildman–Crippen LogP) is 1.78. The fraction of sp³-hybridized carbons (Fsp3) is 0.0833. The number of carbonyl (C=O) groups excluding carboxylic acids is 1. The van der Waals surface area contributed by atoms with Crippen molar-refractivity contribution < 1.29 is 9.53 Å². The molecule has 0 radical (unpaired) electrons. The van der Waals surface area contributed by atoms with Crippen LogP contribution < -0.4 is 5.43 Å². The number of ether oxygens (including phenoxy) is 1. The Labute approximate surface area is 111 Å². The van der Waals surface area contributed by atoms with E-state index in [0.29, 0.717) is 0 Å². The third-order valence-corrected chi connectivity index (χ3v) is 2.81. The quantitative estimate of drug-likeness (QED) is 0.793. The number of nitrogens with zero attached hydrogens (tertiary/aromatic N) is 2. The topological polar surface area (TPSA) is 61.2 Å². The monoisotopic (exact) mass is 308 g/mol. The highest BCUT2D eigenvalue weighted by Crippen LogP contribution is 2.12. The highest BCUT2D eigenvalue weighted by Gasteiger charge is 2.13. The maximum Gasteiger partial charge on any atom is 0.362 e. The Morgan fingerprint density at radius 3 is 2.56 bits per heavy atom. The first kappa shape index (κ1) is 12.5. The summed E-state index contributed by atoms with van der Waals surface area (Å²) in [4.78, 5) is 22.8. The summed E-state index contributed by atoms with van der Waals surface area (Å²) in [5.74, 6) is -0.744. The lowest BCUT2D eigenvalue weighted by atomic mass is 10.3. The number of hydrogen-bond acceptors (Lipinski definition) is 4. The molecule has 0 aliphatic heterocycles. The van der Waals surface area contributed by atoms with E-state index in [1.54, 1.807) is 0 Å². The van der Waals surface area contributed by atoms with Crippen LogP contribution in [0.15, 0.2) is 45.8 Å². The van der Waals surface area contributed by atoms with Crippen LogP contribution >= 0.6 is 15.9 Å². The summed E-state index contributed by atoms with van der Waals surface area (Å²) < 4.78 is 6.88. The maximum absolute atomic E-state index is 11.5. The molecule has 0 fully saturated rings. The molecule has 0 aliphatic carbocycles. The van der Waals surface area contributed by atoms with Gasteiger partial charge in [0.15, 0.2) is 0 Å². The molecule has 2 rings (SSSR count). The van der Waals surface area contributed by atoms with Crippen molar-refractivity contribution in [1.29, 1.82) is 0 Å².